The fourth-order valence-electron chi connectivity index (χ4n) is 6.72. The molecule has 8 rings (SSSR count). The Morgan fingerprint density at radius 1 is 0.683 bits per heavy atom. The minimum atomic E-state index is -0.431. The van der Waals surface area contributed by atoms with E-state index < -0.39 is 5.91 Å². The molecule has 2 fully saturated rings. The van der Waals surface area contributed by atoms with Crippen LogP contribution in [0.2, 0.25) is 0 Å². The van der Waals surface area contributed by atoms with Crippen molar-refractivity contribution in [2.45, 2.75) is 76.0 Å². The van der Waals surface area contributed by atoms with Gasteiger partial charge in [-0.25, -0.2) is 21.3 Å². The smallest absolute Gasteiger partial charge is 0.305 e. The quantitative estimate of drug-likeness (QED) is 0.0387. The second-order valence-electron chi connectivity index (χ2n) is 14.3. The maximum absolute atomic E-state index is 13.5. The highest BCUT2D eigenvalue weighted by Gasteiger charge is 2.31. The van der Waals surface area contributed by atoms with E-state index in [4.69, 9.17) is 20.4 Å². The van der Waals surface area contributed by atoms with E-state index >= 15 is 0 Å². The van der Waals surface area contributed by atoms with E-state index in [1.807, 2.05) is 97.1 Å². The number of benzene rings is 4. The minimum Gasteiger partial charge on any atom is -0.469 e. The number of rotatable bonds is 10. The molecule has 5 N–H and O–H groups in total. The third-order valence-electron chi connectivity index (χ3n) is 9.95. The van der Waals surface area contributed by atoms with Gasteiger partial charge in [-0.1, -0.05) is 72.2 Å². The van der Waals surface area contributed by atoms with Crippen molar-refractivity contribution in [3.63, 3.8) is 0 Å². The van der Waals surface area contributed by atoms with Gasteiger partial charge in [-0.15, -0.1) is 0 Å². The SMILES string of the molecule is COC(=O)CCCC#Cc1cccc2nc(C3CC3)n(-c3ccccc3)c(=O)c12.NO.O=C(CCCC#Cc1cccc2nc(C3CC3)n(-c3ccccc3)c(=O)c12)NO. The predicted molar refractivity (Wildman–Crippen MR) is 228 cm³/mol. The number of amides is 1. The van der Waals surface area contributed by atoms with Gasteiger partial charge in [-0.2, -0.15) is 0 Å². The molecule has 2 aliphatic carbocycles. The molecule has 6 aromatic rings. The molecule has 1 amide bonds. The van der Waals surface area contributed by atoms with Gasteiger partial charge < -0.3 is 9.94 Å². The van der Waals surface area contributed by atoms with Crippen LogP contribution in [0.1, 0.15) is 98.8 Å². The molecule has 306 valence electrons. The Bertz CT molecular complexity index is 2530. The number of ether oxygens (including phenoxy) is 1. The number of unbranched alkanes of at least 4 members (excludes halogenated alkanes) is 2. The van der Waals surface area contributed by atoms with Crippen molar-refractivity contribution in [3.8, 4) is 35.1 Å². The summed E-state index contributed by atoms with van der Waals surface area (Å²) in [6.07, 6.45) is 6.97. The summed E-state index contributed by atoms with van der Waals surface area (Å²) >= 11 is 0. The van der Waals surface area contributed by atoms with Crippen LogP contribution in [-0.2, 0) is 14.3 Å². The lowest BCUT2D eigenvalue weighted by Crippen LogP contribution is -2.24. The zero-order valence-electron chi connectivity index (χ0n) is 33.3. The standard InChI is InChI=1S/C24H22N2O3.C23H21N3O3.H3NO/c1-29-21(27)14-7-2-4-9-17-10-8-13-20-22(17)24(28)26(19-11-5-3-6-12-19)23(25-20)18-15-16-18;27-20(25-29)13-6-1-3-8-16-9-7-12-19-21(16)23(28)26(18-10-4-2-5-11-18)22(24-19)17-14-15-17;1-2/h3,5-6,8,10-13,18H,2,7,14-16H2,1H3;2,4-5,7,9-12,17,29H,1,6,13-15H2,(H,25,27);2H,1H2. The molecule has 60 heavy (non-hydrogen) atoms. The monoisotopic (exact) mass is 806 g/mol. The first-order valence-electron chi connectivity index (χ1n) is 19.8. The number of fused-ring (bicyclic) bond motifs is 2. The van der Waals surface area contributed by atoms with Gasteiger partial charge in [0.2, 0.25) is 5.91 Å². The lowest BCUT2D eigenvalue weighted by molar-refractivity contribution is -0.140. The molecule has 0 radical (unpaired) electrons. The number of aromatic nitrogens is 4. The Morgan fingerprint density at radius 2 is 1.12 bits per heavy atom. The highest BCUT2D eigenvalue weighted by Crippen LogP contribution is 2.40. The van der Waals surface area contributed by atoms with Crippen LogP contribution in [0, 0.1) is 23.7 Å². The molecule has 0 unspecified atom stereocenters. The van der Waals surface area contributed by atoms with Crippen molar-refractivity contribution in [2.24, 2.45) is 5.90 Å². The maximum atomic E-state index is 13.5. The minimum absolute atomic E-state index is 0.0810. The number of esters is 1. The van der Waals surface area contributed by atoms with E-state index in [1.165, 1.54) is 7.11 Å². The molecule has 2 aromatic heterocycles. The fourth-order valence-corrected chi connectivity index (χ4v) is 6.72. The van der Waals surface area contributed by atoms with Crippen LogP contribution in [0.5, 0.6) is 0 Å². The summed E-state index contributed by atoms with van der Waals surface area (Å²) in [6, 6.07) is 30.4. The number of nitrogens with two attached hydrogens (primary N) is 1. The molecule has 0 spiro atoms. The molecule has 0 bridgehead atoms. The number of hydrogen-bond acceptors (Lipinski definition) is 10. The number of carbonyl (C=O) groups excluding carboxylic acids is 2. The van der Waals surface area contributed by atoms with Crippen LogP contribution < -0.4 is 22.5 Å². The van der Waals surface area contributed by atoms with E-state index in [0.29, 0.717) is 76.9 Å². The third-order valence-corrected chi connectivity index (χ3v) is 9.95. The van der Waals surface area contributed by atoms with E-state index in [1.54, 1.807) is 14.6 Å². The zero-order valence-corrected chi connectivity index (χ0v) is 33.3. The summed E-state index contributed by atoms with van der Waals surface area (Å²) in [6.45, 7) is 0. The van der Waals surface area contributed by atoms with Crippen molar-refractivity contribution in [2.75, 3.05) is 7.11 Å². The Hall–Kier alpha value is -6.90. The van der Waals surface area contributed by atoms with Crippen molar-refractivity contribution in [3.05, 3.63) is 141 Å². The topological polar surface area (TPSA) is 192 Å². The molecule has 0 atom stereocenters. The van der Waals surface area contributed by atoms with Crippen molar-refractivity contribution in [1.82, 2.24) is 24.6 Å². The molecule has 4 aromatic carbocycles. The summed E-state index contributed by atoms with van der Waals surface area (Å²) < 4.78 is 8.10. The van der Waals surface area contributed by atoms with Gasteiger partial charge in [0.1, 0.15) is 11.6 Å². The third kappa shape index (κ3) is 10.4. The van der Waals surface area contributed by atoms with Gasteiger partial charge in [0, 0.05) is 48.6 Å². The van der Waals surface area contributed by atoms with Crippen LogP contribution in [0.3, 0.4) is 0 Å². The van der Waals surface area contributed by atoms with Crippen LogP contribution >= 0.6 is 0 Å². The number of nitrogens with one attached hydrogen (secondary N) is 1. The van der Waals surface area contributed by atoms with Gasteiger partial charge in [-0.3, -0.25) is 33.5 Å². The number of nitrogens with zero attached hydrogens (tertiary/aromatic N) is 4. The second kappa shape index (κ2) is 20.7. The Labute approximate surface area is 346 Å². The molecule has 0 aliphatic heterocycles. The highest BCUT2D eigenvalue weighted by atomic mass is 16.5. The van der Waals surface area contributed by atoms with Gasteiger partial charge in [-0.05, 0) is 87.1 Å². The average Bonchev–Trinajstić information content (AvgIpc) is 4.23. The Kier molecular flexibility index (Phi) is 14.7. The van der Waals surface area contributed by atoms with Crippen molar-refractivity contribution in [1.29, 1.82) is 0 Å². The highest BCUT2D eigenvalue weighted by molar-refractivity contribution is 5.86. The van der Waals surface area contributed by atoms with Crippen LogP contribution in [0.25, 0.3) is 33.2 Å². The number of para-hydroxylation sites is 2. The summed E-state index contributed by atoms with van der Waals surface area (Å²) in [5.74, 6) is 17.4. The summed E-state index contributed by atoms with van der Waals surface area (Å²) in [4.78, 5) is 59.0. The average molecular weight is 807 g/mol. The maximum Gasteiger partial charge on any atom is 0.305 e. The molecule has 0 saturated heterocycles. The zero-order chi connectivity index (χ0) is 42.4. The Balaban J connectivity index is 0.000000193. The van der Waals surface area contributed by atoms with E-state index in [0.717, 1.165) is 48.7 Å². The number of methoxy groups -OCH3 is 1. The molecule has 2 saturated carbocycles. The van der Waals surface area contributed by atoms with Gasteiger partial charge in [0.15, 0.2) is 0 Å². The molecule has 13 nitrogen and oxygen atoms in total. The first-order chi connectivity index (χ1) is 29.4. The lowest BCUT2D eigenvalue weighted by Gasteiger charge is -2.13. The van der Waals surface area contributed by atoms with E-state index in [2.05, 4.69) is 34.3 Å². The summed E-state index contributed by atoms with van der Waals surface area (Å²) in [7, 11) is 1.38. The van der Waals surface area contributed by atoms with Crippen LogP contribution in [-0.4, -0.2) is 48.5 Å². The summed E-state index contributed by atoms with van der Waals surface area (Å²) in [5, 5.41) is 16.1. The largest absolute Gasteiger partial charge is 0.469 e. The predicted octanol–water partition coefficient (Wildman–Crippen LogP) is 6.58. The number of carbonyl (C=O) groups is 2. The first kappa shape index (κ1) is 42.7. The second-order valence-corrected chi connectivity index (χ2v) is 14.3. The molecule has 2 aliphatic rings. The van der Waals surface area contributed by atoms with E-state index in [9.17, 15) is 19.2 Å². The van der Waals surface area contributed by atoms with Crippen LogP contribution in [0.15, 0.2) is 107 Å². The van der Waals surface area contributed by atoms with Crippen molar-refractivity contribution >= 4 is 33.7 Å². The number of hydroxylamine groups is 1. The van der Waals surface area contributed by atoms with Crippen molar-refractivity contribution < 1.29 is 24.7 Å². The van der Waals surface area contributed by atoms with Gasteiger partial charge in [0.05, 0.1) is 40.3 Å². The first-order valence-corrected chi connectivity index (χ1v) is 19.8. The number of hydrogen-bond donors (Lipinski definition) is 4. The molecular weight excluding hydrogens is 761 g/mol. The molecular formula is C47H46N6O7. The van der Waals surface area contributed by atoms with Gasteiger partial charge in [0.25, 0.3) is 11.1 Å². The van der Waals surface area contributed by atoms with Gasteiger partial charge >= 0.3 is 5.97 Å². The molecule has 2 heterocycles. The van der Waals surface area contributed by atoms with Crippen LogP contribution in [0.4, 0.5) is 0 Å². The summed E-state index contributed by atoms with van der Waals surface area (Å²) in [5.41, 5.74) is 5.72. The van der Waals surface area contributed by atoms with E-state index in [-0.39, 0.29) is 23.5 Å². The fraction of sp³-hybridized carbons (Fsp3) is 0.277. The molecule has 13 heteroatoms. The Morgan fingerprint density at radius 3 is 1.52 bits per heavy atom. The normalized spacial score (nSPS) is 12.7. The lowest BCUT2D eigenvalue weighted by atomic mass is 10.1.